The van der Waals surface area contributed by atoms with Crippen molar-refractivity contribution >= 4 is 17.2 Å². The van der Waals surface area contributed by atoms with E-state index in [9.17, 15) is 0 Å². The maximum absolute atomic E-state index is 4.87. The second-order valence-corrected chi connectivity index (χ2v) is 9.45. The third kappa shape index (κ3) is 4.00. The number of aromatic nitrogens is 3. The highest BCUT2D eigenvalue weighted by molar-refractivity contribution is 5.76. The Hall–Kier alpha value is -2.50. The van der Waals surface area contributed by atoms with Gasteiger partial charge in [0.2, 0.25) is 0 Å². The smallest absolute Gasteiger partial charge is 0.160 e. The van der Waals surface area contributed by atoms with Gasteiger partial charge < -0.3 is 4.57 Å². The quantitative estimate of drug-likeness (QED) is 0.556. The van der Waals surface area contributed by atoms with Crippen molar-refractivity contribution in [2.75, 3.05) is 26.2 Å². The minimum Gasteiger partial charge on any atom is -0.308 e. The summed E-state index contributed by atoms with van der Waals surface area (Å²) in [4.78, 5) is 15.0. The number of imidazole rings is 1. The lowest BCUT2D eigenvalue weighted by atomic mass is 10.1. The van der Waals surface area contributed by atoms with Gasteiger partial charge in [0.1, 0.15) is 11.3 Å². The zero-order valence-electron chi connectivity index (χ0n) is 19.9. The molecule has 0 spiro atoms. The molecule has 0 amide bonds. The Balaban J connectivity index is 1.25. The third-order valence-corrected chi connectivity index (χ3v) is 7.26. The molecule has 32 heavy (non-hydrogen) atoms. The molecule has 0 unspecified atom stereocenters. The summed E-state index contributed by atoms with van der Waals surface area (Å²) in [5, 5.41) is 0. The molecule has 2 bridgehead atoms. The first-order valence-corrected chi connectivity index (χ1v) is 12.1. The Kier molecular flexibility index (Phi) is 5.87. The van der Waals surface area contributed by atoms with Crippen molar-refractivity contribution < 1.29 is 0 Å². The molecule has 1 aromatic carbocycles. The van der Waals surface area contributed by atoms with Crippen LogP contribution >= 0.6 is 0 Å². The molecule has 0 aliphatic carbocycles. The molecule has 2 atom stereocenters. The van der Waals surface area contributed by atoms with Crippen molar-refractivity contribution in [3.63, 3.8) is 0 Å². The van der Waals surface area contributed by atoms with Gasteiger partial charge in [-0.1, -0.05) is 50.3 Å². The van der Waals surface area contributed by atoms with Crippen molar-refractivity contribution in [1.82, 2.24) is 24.3 Å². The zero-order valence-corrected chi connectivity index (χ0v) is 19.9. The molecule has 5 nitrogen and oxygen atoms in total. The minimum absolute atomic E-state index is 0.755. The first-order valence-electron chi connectivity index (χ1n) is 12.1. The Bertz CT molecular complexity index is 1130. The van der Waals surface area contributed by atoms with Gasteiger partial charge in [0.25, 0.3) is 0 Å². The Morgan fingerprint density at radius 3 is 2.44 bits per heavy atom. The largest absolute Gasteiger partial charge is 0.308 e. The summed E-state index contributed by atoms with van der Waals surface area (Å²) in [6.45, 7) is 14.2. The Morgan fingerprint density at radius 1 is 1.00 bits per heavy atom. The van der Waals surface area contributed by atoms with Gasteiger partial charge in [-0.2, -0.15) is 0 Å². The van der Waals surface area contributed by atoms with E-state index in [0.29, 0.717) is 0 Å². The van der Waals surface area contributed by atoms with Crippen LogP contribution in [0.4, 0.5) is 0 Å². The van der Waals surface area contributed by atoms with Crippen LogP contribution in [0.5, 0.6) is 0 Å². The average molecular weight is 430 g/mol. The van der Waals surface area contributed by atoms with E-state index in [1.54, 1.807) is 0 Å². The SMILES string of the molecule is CCc1nc2c(C)cc(C)nc2n1Cc1ccc(C=CCN2C[C@H]3C[C@@H]2CN3CC)cc1. The second-order valence-electron chi connectivity index (χ2n) is 9.45. The van der Waals surface area contributed by atoms with E-state index in [2.05, 4.69) is 84.5 Å². The second kappa shape index (κ2) is 8.80. The number of fused-ring (bicyclic) bond motifs is 3. The van der Waals surface area contributed by atoms with E-state index < -0.39 is 0 Å². The van der Waals surface area contributed by atoms with Crippen molar-refractivity contribution in [2.45, 2.75) is 59.2 Å². The fourth-order valence-corrected chi connectivity index (χ4v) is 5.57. The van der Waals surface area contributed by atoms with E-state index in [-0.39, 0.29) is 0 Å². The zero-order chi connectivity index (χ0) is 22.2. The van der Waals surface area contributed by atoms with Gasteiger partial charge in [0.15, 0.2) is 5.65 Å². The lowest BCUT2D eigenvalue weighted by molar-refractivity contribution is 0.144. The van der Waals surface area contributed by atoms with Crippen LogP contribution in [0.1, 0.15) is 48.5 Å². The molecule has 2 saturated heterocycles. The normalized spacial score (nSPS) is 21.5. The van der Waals surface area contributed by atoms with E-state index in [1.165, 1.54) is 42.7 Å². The molecule has 2 aliphatic rings. The number of rotatable bonds is 7. The van der Waals surface area contributed by atoms with E-state index >= 15 is 0 Å². The molecule has 0 N–H and O–H groups in total. The first kappa shape index (κ1) is 21.4. The lowest BCUT2D eigenvalue weighted by Crippen LogP contribution is -2.46. The van der Waals surface area contributed by atoms with Gasteiger partial charge in [0.05, 0.1) is 6.54 Å². The molecular formula is C27H35N5. The summed E-state index contributed by atoms with van der Waals surface area (Å²) in [6.07, 6.45) is 6.86. The number of hydrogen-bond donors (Lipinski definition) is 0. The number of likely N-dealkylation sites (tertiary alicyclic amines) is 2. The molecule has 4 heterocycles. The van der Waals surface area contributed by atoms with Crippen LogP contribution in [0.3, 0.4) is 0 Å². The molecule has 3 aromatic rings. The number of benzene rings is 1. The fraction of sp³-hybridized carbons (Fsp3) is 0.481. The van der Waals surface area contributed by atoms with Crippen molar-refractivity contribution in [3.8, 4) is 0 Å². The van der Waals surface area contributed by atoms with Crippen LogP contribution in [0.15, 0.2) is 36.4 Å². The van der Waals surface area contributed by atoms with Crippen LogP contribution < -0.4 is 0 Å². The molecule has 2 aliphatic heterocycles. The minimum atomic E-state index is 0.755. The monoisotopic (exact) mass is 429 g/mol. The summed E-state index contributed by atoms with van der Waals surface area (Å²) < 4.78 is 2.28. The predicted octanol–water partition coefficient (Wildman–Crippen LogP) is 4.45. The Morgan fingerprint density at radius 2 is 1.75 bits per heavy atom. The van der Waals surface area contributed by atoms with Gasteiger partial charge in [-0.15, -0.1) is 0 Å². The van der Waals surface area contributed by atoms with Crippen molar-refractivity contribution in [1.29, 1.82) is 0 Å². The highest BCUT2D eigenvalue weighted by atomic mass is 15.3. The summed E-state index contributed by atoms with van der Waals surface area (Å²) in [5.74, 6) is 1.10. The molecule has 5 rings (SSSR count). The van der Waals surface area contributed by atoms with Crippen molar-refractivity contribution in [2.24, 2.45) is 0 Å². The van der Waals surface area contributed by atoms with Crippen LogP contribution in [0.25, 0.3) is 17.2 Å². The van der Waals surface area contributed by atoms with Gasteiger partial charge >= 0.3 is 0 Å². The number of nitrogens with zero attached hydrogens (tertiary/aromatic N) is 5. The predicted molar refractivity (Wildman–Crippen MR) is 132 cm³/mol. The molecule has 0 saturated carbocycles. The number of aryl methyl sites for hydroxylation is 3. The first-order chi connectivity index (χ1) is 15.6. The average Bonchev–Trinajstić information content (AvgIpc) is 3.48. The number of piperazine rings is 1. The van der Waals surface area contributed by atoms with Crippen LogP contribution in [-0.2, 0) is 13.0 Å². The van der Waals surface area contributed by atoms with E-state index in [4.69, 9.17) is 9.97 Å². The van der Waals surface area contributed by atoms with E-state index in [1.807, 2.05) is 0 Å². The maximum atomic E-state index is 4.87. The topological polar surface area (TPSA) is 37.2 Å². The molecule has 168 valence electrons. The number of likely N-dealkylation sites (N-methyl/N-ethyl adjacent to an activating group) is 1. The lowest BCUT2D eigenvalue weighted by Gasteiger charge is -2.32. The van der Waals surface area contributed by atoms with Gasteiger partial charge in [-0.3, -0.25) is 9.80 Å². The molecular weight excluding hydrogens is 394 g/mol. The number of pyridine rings is 1. The fourth-order valence-electron chi connectivity index (χ4n) is 5.57. The van der Waals surface area contributed by atoms with Gasteiger partial charge in [-0.25, -0.2) is 9.97 Å². The summed E-state index contributed by atoms with van der Waals surface area (Å²) >= 11 is 0. The van der Waals surface area contributed by atoms with Crippen molar-refractivity contribution in [3.05, 3.63) is 64.6 Å². The molecule has 0 radical (unpaired) electrons. The standard InChI is InChI=1S/C27H35N5/c1-5-25-29-26-19(3)14-20(4)28-27(26)32(25)16-22-11-9-21(10-12-22)8-7-13-31-18-23-15-24(31)17-30(23)6-2/h7-12,14,23-24H,5-6,13,15-18H2,1-4H3/t23-,24-/m1/s1. The molecule has 2 aromatic heterocycles. The van der Waals surface area contributed by atoms with Gasteiger partial charge in [-0.05, 0) is 49.6 Å². The summed E-state index contributed by atoms with van der Waals surface area (Å²) in [7, 11) is 0. The third-order valence-electron chi connectivity index (χ3n) is 7.26. The molecule has 5 heteroatoms. The summed E-state index contributed by atoms with van der Waals surface area (Å²) in [6, 6.07) is 12.6. The van der Waals surface area contributed by atoms with Crippen LogP contribution in [0, 0.1) is 13.8 Å². The highest BCUT2D eigenvalue weighted by Gasteiger charge is 2.41. The Labute approximate surface area is 191 Å². The summed E-state index contributed by atoms with van der Waals surface area (Å²) in [5.41, 5.74) is 6.84. The van der Waals surface area contributed by atoms with Crippen LogP contribution in [0.2, 0.25) is 0 Å². The van der Waals surface area contributed by atoms with E-state index in [0.717, 1.165) is 54.3 Å². The van der Waals surface area contributed by atoms with Gasteiger partial charge in [0, 0.05) is 43.8 Å². The van der Waals surface area contributed by atoms with Crippen LogP contribution in [-0.4, -0.2) is 62.6 Å². The molecule has 2 fully saturated rings. The number of hydrogen-bond acceptors (Lipinski definition) is 4. The maximum Gasteiger partial charge on any atom is 0.160 e. The highest BCUT2D eigenvalue weighted by Crippen LogP contribution is 2.30.